The van der Waals surface area contributed by atoms with Gasteiger partial charge >= 0.3 is 0 Å². The van der Waals surface area contributed by atoms with E-state index in [1.54, 1.807) is 11.8 Å². The molecule has 1 aliphatic carbocycles. The van der Waals surface area contributed by atoms with Gasteiger partial charge in [-0.1, -0.05) is 62.9 Å². The Hall–Kier alpha value is -2.27. The molecule has 2 heterocycles. The molecule has 2 bridgehead atoms. The largest absolute Gasteiger partial charge is 0.338 e. The normalized spacial score (nSPS) is 25.0. The van der Waals surface area contributed by atoms with Crippen LogP contribution in [0.5, 0.6) is 0 Å². The lowest BCUT2D eigenvalue weighted by Gasteiger charge is -2.39. The second kappa shape index (κ2) is 7.16. The fraction of sp³-hybridized carbons (Fsp3) is 0.440. The van der Waals surface area contributed by atoms with Crippen molar-refractivity contribution in [1.29, 1.82) is 0 Å². The highest BCUT2D eigenvalue weighted by Crippen LogP contribution is 2.52. The van der Waals surface area contributed by atoms with Crippen molar-refractivity contribution in [1.82, 2.24) is 14.5 Å². The molecule has 0 spiro atoms. The van der Waals surface area contributed by atoms with Crippen LogP contribution in [0, 0.1) is 10.8 Å². The van der Waals surface area contributed by atoms with Crippen molar-refractivity contribution >= 4 is 28.7 Å². The minimum Gasteiger partial charge on any atom is -0.338 e. The Morgan fingerprint density at radius 2 is 1.80 bits per heavy atom. The Kier molecular flexibility index (Phi) is 4.69. The van der Waals surface area contributed by atoms with Gasteiger partial charge in [0.2, 0.25) is 5.91 Å². The van der Waals surface area contributed by atoms with E-state index < -0.39 is 0 Å². The number of likely N-dealkylation sites (tertiary alicyclic amines) is 1. The lowest BCUT2D eigenvalue weighted by Crippen LogP contribution is -2.38. The highest BCUT2D eigenvalue weighted by atomic mass is 32.2. The molecule has 1 aromatic heterocycles. The second-order valence-corrected chi connectivity index (χ2v) is 11.0. The third kappa shape index (κ3) is 3.53. The van der Waals surface area contributed by atoms with Crippen LogP contribution in [0.1, 0.15) is 40.0 Å². The zero-order chi connectivity index (χ0) is 20.9. The molecule has 1 amide bonds. The maximum Gasteiger partial charge on any atom is 0.233 e. The molecule has 30 heavy (non-hydrogen) atoms. The predicted octanol–water partition coefficient (Wildman–Crippen LogP) is 5.54. The van der Waals surface area contributed by atoms with Crippen molar-refractivity contribution in [2.75, 3.05) is 12.3 Å². The van der Waals surface area contributed by atoms with E-state index in [0.717, 1.165) is 41.3 Å². The van der Waals surface area contributed by atoms with Crippen molar-refractivity contribution in [3.8, 4) is 5.69 Å². The Bertz CT molecular complexity index is 1090. The van der Waals surface area contributed by atoms with Gasteiger partial charge in [-0.3, -0.25) is 9.36 Å². The van der Waals surface area contributed by atoms with E-state index >= 15 is 0 Å². The minimum absolute atomic E-state index is 0.248. The highest BCUT2D eigenvalue weighted by molar-refractivity contribution is 7.99. The molecule has 5 rings (SSSR count). The molecule has 1 saturated heterocycles. The fourth-order valence-electron chi connectivity index (χ4n) is 5.89. The molecule has 2 aliphatic rings. The quantitative estimate of drug-likeness (QED) is 0.521. The molecule has 1 aliphatic heterocycles. The first kappa shape index (κ1) is 19.7. The van der Waals surface area contributed by atoms with Gasteiger partial charge in [0.1, 0.15) is 0 Å². The molecular formula is C25H29N3OS. The van der Waals surface area contributed by atoms with Gasteiger partial charge in [-0.15, -0.1) is 0 Å². The summed E-state index contributed by atoms with van der Waals surface area (Å²) >= 11 is 1.56. The SMILES string of the molecule is CC1(C)CC2CC(C)(CN2C(=O)CSc2nc3ccccc3n2-c2ccccc2)C1. The smallest absolute Gasteiger partial charge is 0.233 e. The van der Waals surface area contributed by atoms with Gasteiger partial charge in [0.15, 0.2) is 5.16 Å². The van der Waals surface area contributed by atoms with Crippen molar-refractivity contribution in [2.24, 2.45) is 10.8 Å². The molecule has 1 saturated carbocycles. The maximum absolute atomic E-state index is 13.2. The molecular weight excluding hydrogens is 390 g/mol. The van der Waals surface area contributed by atoms with Crippen molar-refractivity contribution < 1.29 is 4.79 Å². The van der Waals surface area contributed by atoms with E-state index in [9.17, 15) is 4.79 Å². The minimum atomic E-state index is 0.248. The van der Waals surface area contributed by atoms with Crippen LogP contribution in [0.2, 0.25) is 0 Å². The summed E-state index contributed by atoms with van der Waals surface area (Å²) in [5.74, 6) is 0.682. The predicted molar refractivity (Wildman–Crippen MR) is 123 cm³/mol. The second-order valence-electron chi connectivity index (χ2n) is 10.1. The summed E-state index contributed by atoms with van der Waals surface area (Å²) in [7, 11) is 0. The van der Waals surface area contributed by atoms with Gasteiger partial charge in [-0.05, 0) is 54.4 Å². The van der Waals surface area contributed by atoms with Crippen LogP contribution in [-0.2, 0) is 4.79 Å². The first-order chi connectivity index (χ1) is 14.3. The lowest BCUT2D eigenvalue weighted by atomic mass is 9.65. The molecule has 156 valence electrons. The summed E-state index contributed by atoms with van der Waals surface area (Å²) in [6.07, 6.45) is 3.47. The summed E-state index contributed by atoms with van der Waals surface area (Å²) in [4.78, 5) is 20.3. The summed E-state index contributed by atoms with van der Waals surface area (Å²) in [5, 5.41) is 0.879. The number of benzene rings is 2. The maximum atomic E-state index is 13.2. The summed E-state index contributed by atoms with van der Waals surface area (Å²) in [5.41, 5.74) is 3.70. The number of thioether (sulfide) groups is 1. The summed E-state index contributed by atoms with van der Waals surface area (Å²) in [6, 6.07) is 18.8. The van der Waals surface area contributed by atoms with Crippen molar-refractivity contribution in [3.63, 3.8) is 0 Å². The van der Waals surface area contributed by atoms with Gasteiger partial charge in [0.25, 0.3) is 0 Å². The van der Waals surface area contributed by atoms with Gasteiger partial charge < -0.3 is 4.90 Å². The number of carbonyl (C=O) groups is 1. The van der Waals surface area contributed by atoms with Crippen LogP contribution in [0.15, 0.2) is 59.8 Å². The Morgan fingerprint density at radius 3 is 2.60 bits per heavy atom. The van der Waals surface area contributed by atoms with Crippen LogP contribution in [0.3, 0.4) is 0 Å². The third-order valence-electron chi connectivity index (χ3n) is 6.60. The van der Waals surface area contributed by atoms with Crippen LogP contribution in [-0.4, -0.2) is 38.7 Å². The number of hydrogen-bond acceptors (Lipinski definition) is 3. The Labute approximate surface area is 182 Å². The molecule has 4 nitrogen and oxygen atoms in total. The first-order valence-electron chi connectivity index (χ1n) is 10.8. The van der Waals surface area contributed by atoms with Crippen molar-refractivity contribution in [3.05, 3.63) is 54.6 Å². The van der Waals surface area contributed by atoms with Crippen LogP contribution < -0.4 is 0 Å². The lowest BCUT2D eigenvalue weighted by molar-refractivity contribution is -0.129. The van der Waals surface area contributed by atoms with E-state index in [4.69, 9.17) is 4.98 Å². The molecule has 2 aromatic carbocycles. The van der Waals surface area contributed by atoms with E-state index in [-0.39, 0.29) is 11.3 Å². The average Bonchev–Trinajstić information content (AvgIpc) is 3.19. The number of para-hydroxylation sites is 3. The highest BCUT2D eigenvalue weighted by Gasteiger charge is 2.50. The standard InChI is InChI=1S/C25H29N3OS/c1-24(2)13-19-14-25(3,16-24)17-27(19)22(29)15-30-23-26-20-11-7-8-12-21(20)28(23)18-9-5-4-6-10-18/h4-12,19H,13-17H2,1-3H3. The number of fused-ring (bicyclic) bond motifs is 3. The number of nitrogens with zero attached hydrogens (tertiary/aromatic N) is 3. The number of imidazole rings is 1. The summed E-state index contributed by atoms with van der Waals surface area (Å²) < 4.78 is 2.17. The molecule has 2 atom stereocenters. The van der Waals surface area contributed by atoms with E-state index in [0.29, 0.717) is 17.2 Å². The number of amides is 1. The molecule has 0 radical (unpaired) electrons. The number of aromatic nitrogens is 2. The molecule has 0 N–H and O–H groups in total. The van der Waals surface area contributed by atoms with E-state index in [2.05, 4.69) is 48.4 Å². The Balaban J connectivity index is 1.39. The van der Waals surface area contributed by atoms with Crippen LogP contribution >= 0.6 is 11.8 Å². The summed E-state index contributed by atoms with van der Waals surface area (Å²) in [6.45, 7) is 7.95. The molecule has 2 fully saturated rings. The zero-order valence-corrected chi connectivity index (χ0v) is 18.8. The van der Waals surface area contributed by atoms with Crippen molar-refractivity contribution in [2.45, 2.75) is 51.2 Å². The monoisotopic (exact) mass is 419 g/mol. The zero-order valence-electron chi connectivity index (χ0n) is 18.0. The van der Waals surface area contributed by atoms with E-state index in [1.165, 1.54) is 6.42 Å². The van der Waals surface area contributed by atoms with Gasteiger partial charge in [0, 0.05) is 18.3 Å². The van der Waals surface area contributed by atoms with Gasteiger partial charge in [-0.2, -0.15) is 0 Å². The van der Waals surface area contributed by atoms with Gasteiger partial charge in [0.05, 0.1) is 16.8 Å². The average molecular weight is 420 g/mol. The van der Waals surface area contributed by atoms with Gasteiger partial charge in [-0.25, -0.2) is 4.98 Å². The third-order valence-corrected chi connectivity index (χ3v) is 7.53. The molecule has 2 unspecified atom stereocenters. The fourth-order valence-corrected chi connectivity index (χ4v) is 6.80. The van der Waals surface area contributed by atoms with Crippen LogP contribution in [0.25, 0.3) is 16.7 Å². The number of rotatable bonds is 4. The number of carbonyl (C=O) groups excluding carboxylic acids is 1. The topological polar surface area (TPSA) is 38.1 Å². The Morgan fingerprint density at radius 1 is 1.07 bits per heavy atom. The van der Waals surface area contributed by atoms with E-state index in [1.807, 2.05) is 36.4 Å². The molecule has 5 heteroatoms. The first-order valence-corrected chi connectivity index (χ1v) is 11.8. The molecule has 3 aromatic rings. The van der Waals surface area contributed by atoms with Crippen LogP contribution in [0.4, 0.5) is 0 Å². The number of hydrogen-bond donors (Lipinski definition) is 0.